The largest absolute Gasteiger partial charge is 0.504 e. The Morgan fingerprint density at radius 3 is 2.79 bits per heavy atom. The van der Waals surface area contributed by atoms with E-state index < -0.39 is 0 Å². The number of phenolic OH excluding ortho intramolecular Hbond substituents is 1. The van der Waals surface area contributed by atoms with Gasteiger partial charge < -0.3 is 15.7 Å². The van der Waals surface area contributed by atoms with Gasteiger partial charge in [-0.05, 0) is 30.9 Å². The van der Waals surface area contributed by atoms with Gasteiger partial charge in [0.15, 0.2) is 5.75 Å². The quantitative estimate of drug-likeness (QED) is 0.740. The first-order chi connectivity index (χ1) is 9.16. The van der Waals surface area contributed by atoms with Crippen LogP contribution < -0.4 is 10.6 Å². The summed E-state index contributed by atoms with van der Waals surface area (Å²) < 4.78 is 0. The van der Waals surface area contributed by atoms with Gasteiger partial charge >= 0.3 is 6.03 Å². The molecule has 0 aliphatic heterocycles. The lowest BCUT2D eigenvalue weighted by Crippen LogP contribution is -2.33. The maximum absolute atomic E-state index is 11.7. The molecule has 0 unspecified atom stereocenters. The molecule has 2 rings (SSSR count). The van der Waals surface area contributed by atoms with Crippen LogP contribution in [0.15, 0.2) is 18.2 Å². The number of halogens is 1. The molecule has 4 nitrogen and oxygen atoms in total. The van der Waals surface area contributed by atoms with E-state index in [-0.39, 0.29) is 16.8 Å². The number of benzene rings is 1. The van der Waals surface area contributed by atoms with E-state index in [0.717, 1.165) is 0 Å². The predicted molar refractivity (Wildman–Crippen MR) is 76.7 cm³/mol. The van der Waals surface area contributed by atoms with Crippen molar-refractivity contribution in [2.45, 2.75) is 32.1 Å². The summed E-state index contributed by atoms with van der Waals surface area (Å²) in [5, 5.41) is 15.4. The summed E-state index contributed by atoms with van der Waals surface area (Å²) in [5.41, 5.74) is 0.327. The van der Waals surface area contributed by atoms with Crippen molar-refractivity contribution in [2.24, 2.45) is 5.92 Å². The molecule has 0 aromatic heterocycles. The summed E-state index contributed by atoms with van der Waals surface area (Å²) in [4.78, 5) is 11.7. The van der Waals surface area contributed by atoms with Gasteiger partial charge in [0, 0.05) is 6.54 Å². The number of urea groups is 1. The zero-order chi connectivity index (χ0) is 13.7. The Kier molecular flexibility index (Phi) is 4.91. The third-order valence-electron chi connectivity index (χ3n) is 3.51. The Bertz CT molecular complexity index is 445. The van der Waals surface area contributed by atoms with E-state index >= 15 is 0 Å². The van der Waals surface area contributed by atoms with Gasteiger partial charge in [-0.3, -0.25) is 0 Å². The lowest BCUT2D eigenvalue weighted by Gasteiger charge is -2.21. The van der Waals surface area contributed by atoms with E-state index in [1.165, 1.54) is 32.1 Å². The smallest absolute Gasteiger partial charge is 0.319 e. The van der Waals surface area contributed by atoms with Gasteiger partial charge in [-0.1, -0.05) is 36.9 Å². The highest BCUT2D eigenvalue weighted by Crippen LogP contribution is 2.31. The van der Waals surface area contributed by atoms with Gasteiger partial charge in [0.1, 0.15) is 0 Å². The van der Waals surface area contributed by atoms with Crippen LogP contribution in [0.25, 0.3) is 0 Å². The summed E-state index contributed by atoms with van der Waals surface area (Å²) >= 11 is 5.77. The second kappa shape index (κ2) is 6.66. The van der Waals surface area contributed by atoms with E-state index in [4.69, 9.17) is 11.6 Å². The number of phenols is 1. The number of carbonyl (C=O) groups is 1. The third-order valence-corrected chi connectivity index (χ3v) is 3.82. The molecule has 104 valence electrons. The second-order valence-electron chi connectivity index (χ2n) is 4.98. The molecule has 1 saturated carbocycles. The van der Waals surface area contributed by atoms with Gasteiger partial charge in [0.25, 0.3) is 0 Å². The van der Waals surface area contributed by atoms with Gasteiger partial charge in [-0.2, -0.15) is 0 Å². The molecule has 3 N–H and O–H groups in total. The van der Waals surface area contributed by atoms with Crippen molar-refractivity contribution in [3.05, 3.63) is 23.2 Å². The van der Waals surface area contributed by atoms with E-state index in [0.29, 0.717) is 18.2 Å². The number of hydrogen-bond acceptors (Lipinski definition) is 2. The zero-order valence-electron chi connectivity index (χ0n) is 10.8. The van der Waals surface area contributed by atoms with E-state index in [9.17, 15) is 9.90 Å². The summed E-state index contributed by atoms with van der Waals surface area (Å²) in [6.45, 7) is 0.688. The highest BCUT2D eigenvalue weighted by Gasteiger charge is 2.15. The van der Waals surface area contributed by atoms with Crippen LogP contribution in [-0.4, -0.2) is 17.7 Å². The Morgan fingerprint density at radius 2 is 2.05 bits per heavy atom. The van der Waals surface area contributed by atoms with E-state index in [1.54, 1.807) is 18.2 Å². The SMILES string of the molecule is O=C(NCC1CCCCC1)Nc1cccc(Cl)c1O. The topological polar surface area (TPSA) is 61.4 Å². The summed E-state index contributed by atoms with van der Waals surface area (Å²) in [6.07, 6.45) is 6.18. The first-order valence-electron chi connectivity index (χ1n) is 6.69. The van der Waals surface area contributed by atoms with Gasteiger partial charge in [0.2, 0.25) is 0 Å². The molecule has 0 radical (unpaired) electrons. The molecule has 0 spiro atoms. The molecule has 0 bridgehead atoms. The molecule has 0 heterocycles. The van der Waals surface area contributed by atoms with Crippen LogP contribution >= 0.6 is 11.6 Å². The van der Waals surface area contributed by atoms with Crippen LogP contribution in [0.2, 0.25) is 5.02 Å². The number of amides is 2. The first-order valence-corrected chi connectivity index (χ1v) is 7.07. The van der Waals surface area contributed by atoms with Gasteiger partial charge in [-0.15, -0.1) is 0 Å². The van der Waals surface area contributed by atoms with Crippen molar-refractivity contribution in [1.29, 1.82) is 0 Å². The molecule has 0 atom stereocenters. The Hall–Kier alpha value is -1.42. The second-order valence-corrected chi connectivity index (χ2v) is 5.38. The van der Waals surface area contributed by atoms with Crippen LogP contribution in [0.4, 0.5) is 10.5 Å². The highest BCUT2D eigenvalue weighted by molar-refractivity contribution is 6.32. The van der Waals surface area contributed by atoms with E-state index in [1.807, 2.05) is 0 Å². The van der Waals surface area contributed by atoms with Crippen molar-refractivity contribution < 1.29 is 9.90 Å². The average molecular weight is 283 g/mol. The number of para-hydroxylation sites is 1. The number of rotatable bonds is 3. The monoisotopic (exact) mass is 282 g/mol. The van der Waals surface area contributed by atoms with Crippen molar-refractivity contribution in [3.63, 3.8) is 0 Å². The molecule has 1 aliphatic rings. The summed E-state index contributed by atoms with van der Waals surface area (Å²) in [6, 6.07) is 4.56. The van der Waals surface area contributed by atoms with Gasteiger partial charge in [0.05, 0.1) is 10.7 Å². The number of anilines is 1. The Labute approximate surface area is 118 Å². The Morgan fingerprint density at radius 1 is 1.32 bits per heavy atom. The van der Waals surface area contributed by atoms with Crippen LogP contribution in [0.3, 0.4) is 0 Å². The normalized spacial score (nSPS) is 16.1. The minimum atomic E-state index is -0.303. The van der Waals surface area contributed by atoms with Crippen LogP contribution in [0, 0.1) is 5.92 Å². The fourth-order valence-corrected chi connectivity index (χ4v) is 2.59. The molecule has 1 aromatic rings. The third kappa shape index (κ3) is 4.03. The summed E-state index contributed by atoms with van der Waals surface area (Å²) in [7, 11) is 0. The number of hydrogen-bond donors (Lipinski definition) is 3. The molecule has 5 heteroatoms. The van der Waals surface area contributed by atoms with Crippen molar-refractivity contribution in [2.75, 3.05) is 11.9 Å². The van der Waals surface area contributed by atoms with Crippen LogP contribution in [0.5, 0.6) is 5.75 Å². The molecule has 0 saturated heterocycles. The molecule has 1 aliphatic carbocycles. The lowest BCUT2D eigenvalue weighted by molar-refractivity contribution is 0.247. The number of carbonyl (C=O) groups excluding carboxylic acids is 1. The van der Waals surface area contributed by atoms with Crippen LogP contribution in [-0.2, 0) is 0 Å². The predicted octanol–water partition coefficient (Wildman–Crippen LogP) is 3.75. The van der Waals surface area contributed by atoms with Gasteiger partial charge in [-0.25, -0.2) is 4.79 Å². The molecule has 1 fully saturated rings. The zero-order valence-corrected chi connectivity index (χ0v) is 11.5. The number of nitrogens with one attached hydrogen (secondary N) is 2. The van der Waals surface area contributed by atoms with Crippen molar-refractivity contribution >= 4 is 23.3 Å². The standard InChI is InChI=1S/C14H19ClN2O2/c15-11-7-4-8-12(13(11)18)17-14(19)16-9-10-5-2-1-3-6-10/h4,7-8,10,18H,1-3,5-6,9H2,(H2,16,17,19). The fraction of sp³-hybridized carbons (Fsp3) is 0.500. The highest BCUT2D eigenvalue weighted by atomic mass is 35.5. The molecular formula is C14H19ClN2O2. The molecule has 19 heavy (non-hydrogen) atoms. The number of aromatic hydroxyl groups is 1. The van der Waals surface area contributed by atoms with Crippen molar-refractivity contribution in [3.8, 4) is 5.75 Å². The molecular weight excluding hydrogens is 264 g/mol. The molecule has 2 amide bonds. The first kappa shape index (κ1) is 14.0. The van der Waals surface area contributed by atoms with Crippen LogP contribution in [0.1, 0.15) is 32.1 Å². The molecule has 1 aromatic carbocycles. The van der Waals surface area contributed by atoms with E-state index in [2.05, 4.69) is 10.6 Å². The fourth-order valence-electron chi connectivity index (χ4n) is 2.41. The van der Waals surface area contributed by atoms with Crippen molar-refractivity contribution in [1.82, 2.24) is 5.32 Å². The maximum atomic E-state index is 11.7. The summed E-state index contributed by atoms with van der Waals surface area (Å²) in [5.74, 6) is 0.476. The Balaban J connectivity index is 1.82. The maximum Gasteiger partial charge on any atom is 0.319 e. The lowest BCUT2D eigenvalue weighted by atomic mass is 9.89. The minimum Gasteiger partial charge on any atom is -0.504 e. The minimum absolute atomic E-state index is 0.100. The average Bonchev–Trinajstić information content (AvgIpc) is 2.43.